The number of sulfonamides is 1. The van der Waals surface area contributed by atoms with Crippen molar-refractivity contribution in [3.8, 4) is 0 Å². The molecule has 0 unspecified atom stereocenters. The van der Waals surface area contributed by atoms with Crippen LogP contribution in [-0.2, 0) is 27.7 Å². The molecule has 2 N–H and O–H groups in total. The summed E-state index contributed by atoms with van der Waals surface area (Å²) in [5.74, 6) is -1.42. The van der Waals surface area contributed by atoms with E-state index < -0.39 is 33.6 Å². The van der Waals surface area contributed by atoms with Crippen molar-refractivity contribution in [1.29, 1.82) is 0 Å². The summed E-state index contributed by atoms with van der Waals surface area (Å²) in [5.41, 5.74) is 2.50. The van der Waals surface area contributed by atoms with Crippen LogP contribution < -0.4 is 5.32 Å². The molecule has 2 atom stereocenters. The molecule has 4 aromatic rings. The Kier molecular flexibility index (Phi) is 9.59. The highest BCUT2D eigenvalue weighted by atomic mass is 32.2. The molecule has 1 aliphatic heterocycles. The number of nitrogens with zero attached hydrogens (tertiary/aromatic N) is 1. The average molecular weight is 587 g/mol. The summed E-state index contributed by atoms with van der Waals surface area (Å²) >= 11 is 0. The molecular formula is C34H35FN2O4S. The van der Waals surface area contributed by atoms with E-state index in [4.69, 9.17) is 0 Å². The van der Waals surface area contributed by atoms with E-state index in [2.05, 4.69) is 5.32 Å². The lowest BCUT2D eigenvalue weighted by atomic mass is 9.83. The summed E-state index contributed by atoms with van der Waals surface area (Å²) in [5, 5.41) is 14.6. The lowest BCUT2D eigenvalue weighted by Crippen LogP contribution is -2.53. The average Bonchev–Trinajstić information content (AvgIpc) is 3.02. The minimum atomic E-state index is -3.72. The summed E-state index contributed by atoms with van der Waals surface area (Å²) in [7, 11) is -3.72. The molecule has 1 heterocycles. The predicted octanol–water partition coefficient (Wildman–Crippen LogP) is 4.73. The largest absolute Gasteiger partial charge is 0.384 e. The second-order valence-corrected chi connectivity index (χ2v) is 12.5. The van der Waals surface area contributed by atoms with Gasteiger partial charge in [0.1, 0.15) is 11.9 Å². The maximum Gasteiger partial charge on any atom is 0.243 e. The van der Waals surface area contributed by atoms with Crippen molar-refractivity contribution in [3.05, 3.63) is 137 Å². The highest BCUT2D eigenvalue weighted by molar-refractivity contribution is 7.89. The second-order valence-electron chi connectivity index (χ2n) is 10.6. The third-order valence-electron chi connectivity index (χ3n) is 7.92. The van der Waals surface area contributed by atoms with Crippen LogP contribution >= 0.6 is 0 Å². The van der Waals surface area contributed by atoms with Gasteiger partial charge < -0.3 is 10.4 Å². The number of hydrogen-bond donors (Lipinski definition) is 2. The van der Waals surface area contributed by atoms with Crippen LogP contribution in [0.2, 0.25) is 0 Å². The zero-order valence-corrected chi connectivity index (χ0v) is 24.1. The summed E-state index contributed by atoms with van der Waals surface area (Å²) in [6, 6.07) is 31.4. The van der Waals surface area contributed by atoms with E-state index in [0.717, 1.165) is 11.1 Å². The van der Waals surface area contributed by atoms with Crippen molar-refractivity contribution < 1.29 is 22.7 Å². The molecule has 0 spiro atoms. The fourth-order valence-electron chi connectivity index (χ4n) is 5.75. The number of hydrogen-bond acceptors (Lipinski definition) is 5. The Labute approximate surface area is 246 Å². The van der Waals surface area contributed by atoms with Crippen molar-refractivity contribution in [2.45, 2.75) is 42.2 Å². The molecule has 6 nitrogen and oxygen atoms in total. The Morgan fingerprint density at radius 3 is 2.10 bits per heavy atom. The van der Waals surface area contributed by atoms with E-state index >= 15 is 4.39 Å². The van der Waals surface area contributed by atoms with Crippen molar-refractivity contribution in [3.63, 3.8) is 0 Å². The third-order valence-corrected chi connectivity index (χ3v) is 9.88. The van der Waals surface area contributed by atoms with Gasteiger partial charge in [0.15, 0.2) is 5.78 Å². The minimum Gasteiger partial charge on any atom is -0.384 e. The number of carbonyl (C=O) groups is 1. The van der Waals surface area contributed by atoms with Crippen LogP contribution in [0.4, 0.5) is 4.39 Å². The maximum atomic E-state index is 15.2. The quantitative estimate of drug-likeness (QED) is 0.266. The lowest BCUT2D eigenvalue weighted by molar-refractivity contribution is -0.127. The number of aliphatic hydroxyl groups is 1. The number of carbonyl (C=O) groups excluding carboxylic acids is 1. The highest BCUT2D eigenvalue weighted by Gasteiger charge is 2.34. The molecule has 8 heteroatoms. The summed E-state index contributed by atoms with van der Waals surface area (Å²) in [6.45, 7) is 1.30. The second kappa shape index (κ2) is 13.5. The summed E-state index contributed by atoms with van der Waals surface area (Å²) < 4.78 is 43.5. The van der Waals surface area contributed by atoms with Gasteiger partial charge in [-0.1, -0.05) is 91.0 Å². The van der Waals surface area contributed by atoms with Gasteiger partial charge in [-0.05, 0) is 53.3 Å². The number of nitrogens with one attached hydrogen (secondary N) is 1. The molecule has 0 bridgehead atoms. The standard InChI is InChI=1S/C34H35FN2O4S/c35-31-18-10-15-27(23-32(38)34(39)33(25-11-4-1-5-12-25)26-13-6-2-7-14-26)30(31)20-19-28-24-36-21-22-37(28)42(40,41)29-16-8-3-9-17-29/h1-18,28,33-34,36,39H,19-24H2/t28-,34+/m0/s1. The van der Waals surface area contributed by atoms with Crippen LogP contribution in [0.25, 0.3) is 0 Å². The number of halogens is 1. The smallest absolute Gasteiger partial charge is 0.243 e. The minimum absolute atomic E-state index is 0.140. The van der Waals surface area contributed by atoms with E-state index in [0.29, 0.717) is 37.2 Å². The molecular weight excluding hydrogens is 551 g/mol. The van der Waals surface area contributed by atoms with Crippen molar-refractivity contribution in [2.75, 3.05) is 19.6 Å². The molecule has 0 aliphatic carbocycles. The first-order valence-electron chi connectivity index (χ1n) is 14.2. The Hall–Kier alpha value is -3.69. The first-order valence-corrected chi connectivity index (χ1v) is 15.6. The Bertz CT molecular complexity index is 1540. The Balaban J connectivity index is 1.35. The summed E-state index contributed by atoms with van der Waals surface area (Å²) in [6.07, 6.45) is -0.848. The zero-order chi connectivity index (χ0) is 29.5. The molecule has 0 aromatic heterocycles. The lowest BCUT2D eigenvalue weighted by Gasteiger charge is -2.35. The van der Waals surface area contributed by atoms with E-state index in [1.54, 1.807) is 42.5 Å². The van der Waals surface area contributed by atoms with Crippen LogP contribution in [0.15, 0.2) is 114 Å². The molecule has 5 rings (SSSR count). The van der Waals surface area contributed by atoms with Crippen molar-refractivity contribution in [1.82, 2.24) is 9.62 Å². The SMILES string of the molecule is O=C(Cc1cccc(F)c1CC[C@H]1CNCCN1S(=O)(=O)c1ccccc1)[C@@H](O)C(c1ccccc1)c1ccccc1. The molecule has 4 aromatic carbocycles. The molecule has 1 fully saturated rings. The van der Waals surface area contributed by atoms with E-state index in [-0.39, 0.29) is 23.8 Å². The van der Waals surface area contributed by atoms with Crippen LogP contribution in [0.1, 0.15) is 34.6 Å². The fraction of sp³-hybridized carbons (Fsp3) is 0.265. The number of Topliss-reactive ketones (excluding diaryl/α,β-unsaturated/α-hetero) is 1. The normalized spacial score (nSPS) is 16.8. The van der Waals surface area contributed by atoms with Crippen LogP contribution in [0.5, 0.6) is 0 Å². The Morgan fingerprint density at radius 2 is 1.48 bits per heavy atom. The van der Waals surface area contributed by atoms with Gasteiger partial charge in [-0.25, -0.2) is 12.8 Å². The van der Waals surface area contributed by atoms with Crippen molar-refractivity contribution >= 4 is 15.8 Å². The van der Waals surface area contributed by atoms with Crippen LogP contribution in [-0.4, -0.2) is 55.4 Å². The van der Waals surface area contributed by atoms with Crippen LogP contribution in [0.3, 0.4) is 0 Å². The van der Waals surface area contributed by atoms with Gasteiger partial charge >= 0.3 is 0 Å². The Morgan fingerprint density at radius 1 is 0.881 bits per heavy atom. The van der Waals surface area contributed by atoms with E-state index in [9.17, 15) is 18.3 Å². The number of benzene rings is 4. The van der Waals surface area contributed by atoms with Gasteiger partial charge in [-0.15, -0.1) is 0 Å². The van der Waals surface area contributed by atoms with Crippen LogP contribution in [0, 0.1) is 5.82 Å². The topological polar surface area (TPSA) is 86.7 Å². The fourth-order valence-corrected chi connectivity index (χ4v) is 7.42. The first kappa shape index (κ1) is 29.8. The third kappa shape index (κ3) is 6.68. The van der Waals surface area contributed by atoms with E-state index in [1.165, 1.54) is 10.4 Å². The maximum absolute atomic E-state index is 15.2. The predicted molar refractivity (Wildman–Crippen MR) is 161 cm³/mol. The highest BCUT2D eigenvalue weighted by Crippen LogP contribution is 2.30. The number of rotatable bonds is 11. The molecule has 0 radical (unpaired) electrons. The van der Waals surface area contributed by atoms with E-state index in [1.807, 2.05) is 60.7 Å². The molecule has 1 saturated heterocycles. The number of ketones is 1. The molecule has 0 saturated carbocycles. The number of aliphatic hydroxyl groups excluding tert-OH is 1. The molecule has 0 amide bonds. The summed E-state index contributed by atoms with van der Waals surface area (Å²) in [4.78, 5) is 13.8. The van der Waals surface area contributed by atoms with Gasteiger partial charge in [-0.3, -0.25) is 4.79 Å². The molecule has 42 heavy (non-hydrogen) atoms. The van der Waals surface area contributed by atoms with Gasteiger partial charge in [0.05, 0.1) is 4.90 Å². The number of piperazine rings is 1. The first-order chi connectivity index (χ1) is 20.4. The van der Waals surface area contributed by atoms with Gasteiger partial charge in [0, 0.05) is 38.0 Å². The molecule has 218 valence electrons. The van der Waals surface area contributed by atoms with Gasteiger partial charge in [0.25, 0.3) is 0 Å². The van der Waals surface area contributed by atoms with Gasteiger partial charge in [0.2, 0.25) is 10.0 Å². The van der Waals surface area contributed by atoms with Crippen molar-refractivity contribution in [2.24, 2.45) is 0 Å². The zero-order valence-electron chi connectivity index (χ0n) is 23.3. The monoisotopic (exact) mass is 586 g/mol. The molecule has 1 aliphatic rings. The van der Waals surface area contributed by atoms with Gasteiger partial charge in [-0.2, -0.15) is 4.31 Å².